The van der Waals surface area contributed by atoms with E-state index in [2.05, 4.69) is 0 Å². The lowest BCUT2D eigenvalue weighted by atomic mass is 10.2. The molecule has 8 heavy (non-hydrogen) atoms. The third-order valence-corrected chi connectivity index (χ3v) is 0.582. The summed E-state index contributed by atoms with van der Waals surface area (Å²) in [4.78, 5) is 19.3. The summed E-state index contributed by atoms with van der Waals surface area (Å²) in [6, 6.07) is 0. The SMILES string of the molecule is O=CC[CH]CC(=O)O. The summed E-state index contributed by atoms with van der Waals surface area (Å²) < 4.78 is 0. The number of aliphatic carboxylic acids is 1. The number of hydrogen-bond acceptors (Lipinski definition) is 2. The standard InChI is InChI=1S/C5H7O3/c6-4-2-1-3-5(7)8/h1,4H,2-3H2,(H,7,8). The monoisotopic (exact) mass is 115 g/mol. The molecule has 0 aliphatic heterocycles. The number of carboxylic acid groups (broad SMARTS) is 1. The van der Waals surface area contributed by atoms with Crippen molar-refractivity contribution in [3.63, 3.8) is 0 Å². The third kappa shape index (κ3) is 5.14. The maximum Gasteiger partial charge on any atom is 0.303 e. The molecule has 0 heterocycles. The van der Waals surface area contributed by atoms with Crippen LogP contribution in [0.1, 0.15) is 12.8 Å². The Morgan fingerprint density at radius 1 is 1.62 bits per heavy atom. The molecule has 0 aromatic carbocycles. The minimum absolute atomic E-state index is 0.0290. The Bertz CT molecular complexity index is 87.7. The van der Waals surface area contributed by atoms with E-state index in [1.165, 1.54) is 6.42 Å². The highest BCUT2D eigenvalue weighted by Gasteiger charge is 1.93. The highest BCUT2D eigenvalue weighted by Crippen LogP contribution is 1.88. The van der Waals surface area contributed by atoms with Crippen LogP contribution in [0.4, 0.5) is 0 Å². The molecule has 3 heteroatoms. The Morgan fingerprint density at radius 2 is 2.25 bits per heavy atom. The van der Waals surface area contributed by atoms with E-state index in [9.17, 15) is 9.59 Å². The molecular weight excluding hydrogens is 108 g/mol. The van der Waals surface area contributed by atoms with Crippen molar-refractivity contribution in [2.75, 3.05) is 0 Å². The zero-order chi connectivity index (χ0) is 6.41. The smallest absolute Gasteiger partial charge is 0.303 e. The van der Waals surface area contributed by atoms with Crippen molar-refractivity contribution in [1.82, 2.24) is 0 Å². The van der Waals surface area contributed by atoms with Gasteiger partial charge in [0.2, 0.25) is 0 Å². The van der Waals surface area contributed by atoms with Gasteiger partial charge in [0.25, 0.3) is 0 Å². The summed E-state index contributed by atoms with van der Waals surface area (Å²) >= 11 is 0. The normalized spacial score (nSPS) is 8.50. The minimum Gasteiger partial charge on any atom is -0.481 e. The van der Waals surface area contributed by atoms with E-state index >= 15 is 0 Å². The lowest BCUT2D eigenvalue weighted by molar-refractivity contribution is -0.136. The number of carbonyl (C=O) groups is 2. The predicted molar refractivity (Wildman–Crippen MR) is 27.2 cm³/mol. The molecule has 0 atom stereocenters. The number of carbonyl (C=O) groups excluding carboxylic acids is 1. The van der Waals surface area contributed by atoms with Gasteiger partial charge < -0.3 is 9.90 Å². The second-order valence-electron chi connectivity index (χ2n) is 1.29. The summed E-state index contributed by atoms with van der Waals surface area (Å²) in [5.41, 5.74) is 0. The Balaban J connectivity index is 2.93. The van der Waals surface area contributed by atoms with Crippen LogP contribution in [-0.2, 0) is 9.59 Å². The maximum absolute atomic E-state index is 9.73. The number of hydrogen-bond donors (Lipinski definition) is 1. The van der Waals surface area contributed by atoms with E-state index in [1.807, 2.05) is 0 Å². The molecule has 0 amide bonds. The molecular formula is C5H7O3. The second kappa shape index (κ2) is 4.30. The van der Waals surface area contributed by atoms with Crippen LogP contribution in [0.5, 0.6) is 0 Å². The Hall–Kier alpha value is -0.860. The molecule has 45 valence electrons. The van der Waals surface area contributed by atoms with Gasteiger partial charge in [-0.05, 0) is 6.42 Å². The lowest BCUT2D eigenvalue weighted by Gasteiger charge is -1.84. The van der Waals surface area contributed by atoms with Crippen LogP contribution in [0, 0.1) is 6.42 Å². The summed E-state index contributed by atoms with van der Waals surface area (Å²) in [5.74, 6) is -0.896. The largest absolute Gasteiger partial charge is 0.481 e. The first kappa shape index (κ1) is 7.14. The number of rotatable bonds is 4. The molecule has 1 N–H and O–H groups in total. The van der Waals surface area contributed by atoms with Crippen LogP contribution in [0.25, 0.3) is 0 Å². The first-order valence-electron chi connectivity index (χ1n) is 2.24. The lowest BCUT2D eigenvalue weighted by Crippen LogP contribution is -1.94. The average molecular weight is 115 g/mol. The summed E-state index contributed by atoms with van der Waals surface area (Å²) in [6.45, 7) is 0. The topological polar surface area (TPSA) is 54.4 Å². The third-order valence-electron chi connectivity index (χ3n) is 0.582. The summed E-state index contributed by atoms with van der Waals surface area (Å²) in [5, 5.41) is 7.99. The summed E-state index contributed by atoms with van der Waals surface area (Å²) in [7, 11) is 0. The zero-order valence-corrected chi connectivity index (χ0v) is 4.33. The van der Waals surface area contributed by atoms with Gasteiger partial charge in [-0.2, -0.15) is 0 Å². The van der Waals surface area contributed by atoms with Crippen LogP contribution in [0.3, 0.4) is 0 Å². The van der Waals surface area contributed by atoms with Gasteiger partial charge in [-0.1, -0.05) is 0 Å². The first-order valence-corrected chi connectivity index (χ1v) is 2.24. The Morgan fingerprint density at radius 3 is 2.62 bits per heavy atom. The quantitative estimate of drug-likeness (QED) is 0.422. The molecule has 0 saturated carbocycles. The summed E-state index contributed by atoms with van der Waals surface area (Å²) in [6.07, 6.45) is 2.28. The van der Waals surface area contributed by atoms with E-state index in [0.717, 1.165) is 0 Å². The maximum atomic E-state index is 9.73. The molecule has 0 spiro atoms. The molecule has 0 aliphatic carbocycles. The van der Waals surface area contributed by atoms with E-state index in [1.54, 1.807) is 0 Å². The Labute approximate surface area is 47.3 Å². The van der Waals surface area contributed by atoms with Gasteiger partial charge in [-0.25, -0.2) is 0 Å². The van der Waals surface area contributed by atoms with Crippen LogP contribution < -0.4 is 0 Å². The van der Waals surface area contributed by atoms with Crippen molar-refractivity contribution < 1.29 is 14.7 Å². The van der Waals surface area contributed by atoms with Crippen molar-refractivity contribution in [2.45, 2.75) is 12.8 Å². The van der Waals surface area contributed by atoms with Crippen molar-refractivity contribution in [2.24, 2.45) is 0 Å². The second-order valence-corrected chi connectivity index (χ2v) is 1.29. The van der Waals surface area contributed by atoms with Crippen molar-refractivity contribution in [1.29, 1.82) is 0 Å². The molecule has 0 bridgehead atoms. The van der Waals surface area contributed by atoms with Crippen LogP contribution >= 0.6 is 0 Å². The van der Waals surface area contributed by atoms with Crippen LogP contribution in [0.15, 0.2) is 0 Å². The molecule has 1 radical (unpaired) electrons. The fourth-order valence-corrected chi connectivity index (χ4v) is 0.275. The van der Waals surface area contributed by atoms with Crippen molar-refractivity contribution in [3.8, 4) is 0 Å². The van der Waals surface area contributed by atoms with E-state index in [0.29, 0.717) is 6.29 Å². The molecule has 0 fully saturated rings. The van der Waals surface area contributed by atoms with Crippen molar-refractivity contribution >= 4 is 12.3 Å². The van der Waals surface area contributed by atoms with Crippen molar-refractivity contribution in [3.05, 3.63) is 6.42 Å². The van der Waals surface area contributed by atoms with Gasteiger partial charge in [-0.3, -0.25) is 4.79 Å². The van der Waals surface area contributed by atoms with Crippen LogP contribution in [0.2, 0.25) is 0 Å². The van der Waals surface area contributed by atoms with Gasteiger partial charge in [0.15, 0.2) is 0 Å². The molecule has 0 saturated heterocycles. The first-order chi connectivity index (χ1) is 3.77. The highest BCUT2D eigenvalue weighted by molar-refractivity contribution is 5.69. The molecule has 3 nitrogen and oxygen atoms in total. The predicted octanol–water partition coefficient (Wildman–Crippen LogP) is 0.254. The number of unbranched alkanes of at least 4 members (excludes halogenated alkanes) is 1. The molecule has 0 aromatic rings. The molecule has 0 unspecified atom stereocenters. The van der Waals surface area contributed by atoms with Gasteiger partial charge in [0, 0.05) is 12.8 Å². The van der Waals surface area contributed by atoms with Gasteiger partial charge in [-0.15, -0.1) is 0 Å². The Kier molecular flexibility index (Phi) is 3.84. The van der Waals surface area contributed by atoms with E-state index in [4.69, 9.17) is 5.11 Å². The van der Waals surface area contributed by atoms with Gasteiger partial charge >= 0.3 is 5.97 Å². The minimum atomic E-state index is -0.896. The van der Waals surface area contributed by atoms with E-state index < -0.39 is 5.97 Å². The number of carboxylic acids is 1. The zero-order valence-electron chi connectivity index (χ0n) is 4.33. The van der Waals surface area contributed by atoms with Gasteiger partial charge in [0.1, 0.15) is 6.29 Å². The molecule has 0 rings (SSSR count). The van der Waals surface area contributed by atoms with Gasteiger partial charge in [0.05, 0.1) is 0 Å². The average Bonchev–Trinajstić information content (AvgIpc) is 1.66. The molecule has 0 aromatic heterocycles. The number of aldehydes is 1. The highest BCUT2D eigenvalue weighted by atomic mass is 16.4. The fraction of sp³-hybridized carbons (Fsp3) is 0.400. The van der Waals surface area contributed by atoms with Crippen LogP contribution in [-0.4, -0.2) is 17.4 Å². The van der Waals surface area contributed by atoms with E-state index in [-0.39, 0.29) is 12.8 Å². The fourth-order valence-electron chi connectivity index (χ4n) is 0.275. The molecule has 0 aliphatic rings.